The van der Waals surface area contributed by atoms with Crippen molar-refractivity contribution < 1.29 is 28.9 Å². The number of benzene rings is 4. The first-order valence-corrected chi connectivity index (χ1v) is 13.2. The van der Waals surface area contributed by atoms with Crippen LogP contribution in [0.25, 0.3) is 6.08 Å². The van der Waals surface area contributed by atoms with Crippen LogP contribution in [-0.4, -0.2) is 24.1 Å². The van der Waals surface area contributed by atoms with Crippen LogP contribution in [0.4, 0.5) is 5.69 Å². The van der Waals surface area contributed by atoms with Crippen molar-refractivity contribution in [2.24, 2.45) is 0 Å². The van der Waals surface area contributed by atoms with E-state index in [1.165, 1.54) is 25.3 Å². The summed E-state index contributed by atoms with van der Waals surface area (Å²) in [5.41, 5.74) is 2.95. The quantitative estimate of drug-likeness (QED) is 0.140. The van der Waals surface area contributed by atoms with Crippen LogP contribution in [0.1, 0.15) is 27.0 Å². The third-order valence-corrected chi connectivity index (χ3v) is 6.59. The number of amides is 1. The first-order chi connectivity index (χ1) is 19.9. The number of aromatic carboxylic acids is 1. The van der Waals surface area contributed by atoms with Gasteiger partial charge in [-0.05, 0) is 71.3 Å². The zero-order valence-corrected chi connectivity index (χ0v) is 23.6. The fourth-order valence-corrected chi connectivity index (χ4v) is 4.15. The molecule has 0 aliphatic rings. The van der Waals surface area contributed by atoms with E-state index in [9.17, 15) is 14.9 Å². The Morgan fingerprint density at radius 1 is 0.902 bits per heavy atom. The number of carboxylic acids is 1. The monoisotopic (exact) mass is 612 g/mol. The molecule has 4 aromatic rings. The number of carboxylic acid groups (broad SMARTS) is 1. The number of anilines is 1. The minimum absolute atomic E-state index is 0.107. The predicted molar refractivity (Wildman–Crippen MR) is 158 cm³/mol. The highest BCUT2D eigenvalue weighted by Gasteiger charge is 2.14. The third-order valence-electron chi connectivity index (χ3n) is 5.90. The minimum atomic E-state index is -1.00. The number of hydrogen-bond acceptors (Lipinski definition) is 6. The Labute approximate surface area is 245 Å². The fourth-order valence-electron chi connectivity index (χ4n) is 3.72. The molecule has 4 aromatic carbocycles. The van der Waals surface area contributed by atoms with Gasteiger partial charge in [-0.3, -0.25) is 4.79 Å². The molecule has 0 saturated heterocycles. The van der Waals surface area contributed by atoms with Gasteiger partial charge in [0.2, 0.25) is 0 Å². The molecule has 0 heterocycles. The Kier molecular flexibility index (Phi) is 9.75. The van der Waals surface area contributed by atoms with Crippen molar-refractivity contribution in [3.05, 3.63) is 123 Å². The van der Waals surface area contributed by atoms with Crippen molar-refractivity contribution in [2.75, 3.05) is 12.4 Å². The Balaban J connectivity index is 1.41. The number of nitrogens with one attached hydrogen (secondary N) is 1. The van der Waals surface area contributed by atoms with Crippen molar-refractivity contribution in [3.63, 3.8) is 0 Å². The van der Waals surface area contributed by atoms with Gasteiger partial charge in [-0.25, -0.2) is 4.79 Å². The van der Waals surface area contributed by atoms with Crippen molar-refractivity contribution in [1.82, 2.24) is 0 Å². The lowest BCUT2D eigenvalue weighted by atomic mass is 10.1. The molecule has 0 bridgehead atoms. The summed E-state index contributed by atoms with van der Waals surface area (Å²) in [5.74, 6) is -0.0964. The van der Waals surface area contributed by atoms with E-state index in [-0.39, 0.29) is 17.7 Å². The van der Waals surface area contributed by atoms with Crippen molar-refractivity contribution in [1.29, 1.82) is 5.26 Å². The van der Waals surface area contributed by atoms with Gasteiger partial charge < -0.3 is 24.6 Å². The lowest BCUT2D eigenvalue weighted by Gasteiger charge is -2.13. The largest absolute Gasteiger partial charge is 0.493 e. The van der Waals surface area contributed by atoms with Gasteiger partial charge in [-0.15, -0.1) is 0 Å². The molecular formula is C32H25BrN2O6. The summed E-state index contributed by atoms with van der Waals surface area (Å²) in [4.78, 5) is 23.9. The molecule has 2 N–H and O–H groups in total. The van der Waals surface area contributed by atoms with Crippen LogP contribution in [0.15, 0.2) is 101 Å². The first kappa shape index (κ1) is 28.9. The maximum atomic E-state index is 12.9. The van der Waals surface area contributed by atoms with Crippen LogP contribution in [-0.2, 0) is 18.0 Å². The lowest BCUT2D eigenvalue weighted by molar-refractivity contribution is -0.112. The highest BCUT2D eigenvalue weighted by atomic mass is 79.9. The molecule has 0 spiro atoms. The lowest BCUT2D eigenvalue weighted by Crippen LogP contribution is -2.13. The number of carbonyl (C=O) groups excluding carboxylic acids is 1. The molecule has 4 rings (SSSR count). The fraction of sp³-hybridized carbons (Fsp3) is 0.0938. The van der Waals surface area contributed by atoms with Gasteiger partial charge in [-0.1, -0.05) is 58.4 Å². The topological polar surface area (TPSA) is 118 Å². The van der Waals surface area contributed by atoms with Crippen LogP contribution >= 0.6 is 15.9 Å². The molecule has 0 aromatic heterocycles. The van der Waals surface area contributed by atoms with E-state index in [0.29, 0.717) is 39.6 Å². The molecule has 41 heavy (non-hydrogen) atoms. The van der Waals surface area contributed by atoms with Gasteiger partial charge in [0.05, 0.1) is 12.7 Å². The molecule has 0 aliphatic heterocycles. The van der Waals surface area contributed by atoms with Crippen LogP contribution in [0.2, 0.25) is 0 Å². The maximum absolute atomic E-state index is 12.9. The Morgan fingerprint density at radius 3 is 2.20 bits per heavy atom. The van der Waals surface area contributed by atoms with Crippen molar-refractivity contribution >= 4 is 39.6 Å². The maximum Gasteiger partial charge on any atom is 0.335 e. The second-order valence-electron chi connectivity index (χ2n) is 8.74. The molecule has 0 saturated carbocycles. The molecule has 0 aliphatic carbocycles. The number of carbonyl (C=O) groups is 2. The molecule has 206 valence electrons. The Bertz CT molecular complexity index is 1590. The number of nitriles is 1. The summed E-state index contributed by atoms with van der Waals surface area (Å²) in [7, 11) is 1.48. The second-order valence-corrected chi connectivity index (χ2v) is 9.59. The van der Waals surface area contributed by atoms with Gasteiger partial charge in [0.25, 0.3) is 5.91 Å². The molecule has 0 fully saturated rings. The molecule has 0 atom stereocenters. The van der Waals surface area contributed by atoms with Crippen LogP contribution in [0, 0.1) is 11.3 Å². The van der Waals surface area contributed by atoms with Crippen LogP contribution in [0.5, 0.6) is 17.2 Å². The summed E-state index contributed by atoms with van der Waals surface area (Å²) in [6, 6.07) is 28.3. The first-order valence-electron chi connectivity index (χ1n) is 12.4. The third kappa shape index (κ3) is 7.97. The van der Waals surface area contributed by atoms with Gasteiger partial charge in [0.1, 0.15) is 30.6 Å². The number of ether oxygens (including phenoxy) is 3. The van der Waals surface area contributed by atoms with Crippen molar-refractivity contribution in [3.8, 4) is 23.3 Å². The smallest absolute Gasteiger partial charge is 0.335 e. The van der Waals surface area contributed by atoms with Crippen LogP contribution in [0.3, 0.4) is 0 Å². The highest BCUT2D eigenvalue weighted by molar-refractivity contribution is 9.10. The van der Waals surface area contributed by atoms with E-state index in [0.717, 1.165) is 11.1 Å². The highest BCUT2D eigenvalue weighted by Crippen LogP contribution is 2.35. The number of nitrogens with zero attached hydrogens (tertiary/aromatic N) is 1. The minimum Gasteiger partial charge on any atom is -0.493 e. The van der Waals surface area contributed by atoms with Gasteiger partial charge >= 0.3 is 5.97 Å². The second kappa shape index (κ2) is 13.8. The molecular weight excluding hydrogens is 588 g/mol. The molecule has 9 heteroatoms. The normalized spacial score (nSPS) is 10.8. The summed E-state index contributed by atoms with van der Waals surface area (Å²) in [6.45, 7) is 0.607. The van der Waals surface area contributed by atoms with E-state index < -0.39 is 11.9 Å². The molecule has 8 nitrogen and oxygen atoms in total. The van der Waals surface area contributed by atoms with Gasteiger partial charge in [-0.2, -0.15) is 5.26 Å². The summed E-state index contributed by atoms with van der Waals surface area (Å²) in [6.07, 6.45) is 1.45. The zero-order valence-electron chi connectivity index (χ0n) is 22.0. The number of halogens is 1. The van der Waals surface area contributed by atoms with Crippen LogP contribution < -0.4 is 19.5 Å². The van der Waals surface area contributed by atoms with E-state index in [2.05, 4.69) is 21.2 Å². The average molecular weight is 613 g/mol. The average Bonchev–Trinajstić information content (AvgIpc) is 2.99. The number of hydrogen-bond donors (Lipinski definition) is 2. The number of rotatable bonds is 11. The predicted octanol–water partition coefficient (Wildman–Crippen LogP) is 6.86. The van der Waals surface area contributed by atoms with E-state index in [4.69, 9.17) is 19.3 Å². The number of methoxy groups -OCH3 is 1. The summed E-state index contributed by atoms with van der Waals surface area (Å²) >= 11 is 3.47. The van der Waals surface area contributed by atoms with E-state index in [1.54, 1.807) is 48.5 Å². The van der Waals surface area contributed by atoms with Gasteiger partial charge in [0.15, 0.2) is 11.5 Å². The molecule has 1 amide bonds. The standard InChI is InChI=1S/C32H25BrN2O6/c1-39-29-16-24(28(33)17-30(29)41-20-22-7-9-23(10-8-22)32(37)38)15-25(18-34)31(36)35-26-11-13-27(14-12-26)40-19-21-5-3-2-4-6-21/h2-17H,19-20H2,1H3,(H,35,36)(H,37,38)/b25-15+. The Morgan fingerprint density at radius 2 is 1.56 bits per heavy atom. The summed E-state index contributed by atoms with van der Waals surface area (Å²) in [5, 5.41) is 21.5. The summed E-state index contributed by atoms with van der Waals surface area (Å²) < 4.78 is 17.7. The van der Waals surface area contributed by atoms with E-state index >= 15 is 0 Å². The van der Waals surface area contributed by atoms with Crippen molar-refractivity contribution in [2.45, 2.75) is 13.2 Å². The molecule has 0 radical (unpaired) electrons. The molecule has 0 unspecified atom stereocenters. The Hall–Kier alpha value is -5.07. The SMILES string of the molecule is COc1cc(/C=C(\C#N)C(=O)Nc2ccc(OCc3ccccc3)cc2)c(Br)cc1OCc1ccc(C(=O)O)cc1. The van der Waals surface area contributed by atoms with Gasteiger partial charge in [0, 0.05) is 10.2 Å². The zero-order chi connectivity index (χ0) is 29.2. The van der Waals surface area contributed by atoms with E-state index in [1.807, 2.05) is 36.4 Å².